The lowest BCUT2D eigenvalue weighted by atomic mass is 10.2. The molecule has 0 saturated carbocycles. The van der Waals surface area contributed by atoms with Gasteiger partial charge < -0.3 is 5.32 Å². The number of amides is 1. The molecule has 1 amide bonds. The highest BCUT2D eigenvalue weighted by molar-refractivity contribution is 5.95. The third-order valence-electron chi connectivity index (χ3n) is 3.59. The number of aromatic nitrogens is 2. The van der Waals surface area contributed by atoms with Gasteiger partial charge in [0.25, 0.3) is 11.8 Å². The van der Waals surface area contributed by atoms with Gasteiger partial charge in [-0.05, 0) is 24.3 Å². The van der Waals surface area contributed by atoms with Crippen LogP contribution in [-0.2, 0) is 6.42 Å². The van der Waals surface area contributed by atoms with E-state index in [0.717, 1.165) is 5.69 Å². The molecule has 3 aromatic rings. The minimum atomic E-state index is -0.123. The topological polar surface area (TPSA) is 64.0 Å². The molecule has 0 bridgehead atoms. The Morgan fingerprint density at radius 2 is 1.54 bits per heavy atom. The molecule has 0 radical (unpaired) electrons. The van der Waals surface area contributed by atoms with Crippen molar-refractivity contribution < 1.29 is 9.59 Å². The molecular weight excluding hydrogens is 302 g/mol. The van der Waals surface area contributed by atoms with E-state index < -0.39 is 0 Å². The Morgan fingerprint density at radius 3 is 2.21 bits per heavy atom. The van der Waals surface area contributed by atoms with E-state index >= 15 is 0 Å². The molecule has 0 atom stereocenters. The van der Waals surface area contributed by atoms with Crippen molar-refractivity contribution in [2.45, 2.75) is 6.42 Å². The third-order valence-corrected chi connectivity index (χ3v) is 3.59. The van der Waals surface area contributed by atoms with Crippen molar-refractivity contribution >= 4 is 11.8 Å². The van der Waals surface area contributed by atoms with Gasteiger partial charge in [-0.25, -0.2) is 4.98 Å². The quantitative estimate of drug-likeness (QED) is 0.786. The summed E-state index contributed by atoms with van der Waals surface area (Å²) in [6, 6.07) is 18.1. The van der Waals surface area contributed by atoms with Crippen molar-refractivity contribution in [1.29, 1.82) is 0 Å². The van der Waals surface area contributed by atoms with Crippen molar-refractivity contribution in [1.82, 2.24) is 14.9 Å². The van der Waals surface area contributed by atoms with Gasteiger partial charge in [0.05, 0.1) is 5.69 Å². The van der Waals surface area contributed by atoms with E-state index in [1.807, 2.05) is 36.4 Å². The average molecular weight is 319 g/mol. The summed E-state index contributed by atoms with van der Waals surface area (Å²) in [6.45, 7) is 0.463. The number of hydrogen-bond donors (Lipinski definition) is 1. The number of rotatable bonds is 5. The van der Waals surface area contributed by atoms with Crippen LogP contribution in [0.3, 0.4) is 0 Å². The average Bonchev–Trinajstić information content (AvgIpc) is 3.11. The molecular formula is C19H17N3O2. The fraction of sp³-hybridized carbons (Fsp3) is 0.105. The SMILES string of the molecule is O=C(NCCc1cn(C(=O)c2ccccc2)cn1)c1ccccc1. The minimum absolute atomic E-state index is 0.115. The molecule has 0 aliphatic rings. The van der Waals surface area contributed by atoms with Crippen molar-refractivity contribution in [3.8, 4) is 0 Å². The highest BCUT2D eigenvalue weighted by atomic mass is 16.2. The van der Waals surface area contributed by atoms with Gasteiger partial charge >= 0.3 is 0 Å². The van der Waals surface area contributed by atoms with Gasteiger partial charge in [-0.1, -0.05) is 36.4 Å². The normalized spacial score (nSPS) is 10.3. The first-order valence-electron chi connectivity index (χ1n) is 7.70. The summed E-state index contributed by atoms with van der Waals surface area (Å²) in [5.74, 6) is -0.238. The number of hydrogen-bond acceptors (Lipinski definition) is 3. The van der Waals surface area contributed by atoms with Crippen molar-refractivity contribution in [2.75, 3.05) is 6.54 Å². The van der Waals surface area contributed by atoms with Crippen LogP contribution in [0.2, 0.25) is 0 Å². The highest BCUT2D eigenvalue weighted by Gasteiger charge is 2.09. The summed E-state index contributed by atoms with van der Waals surface area (Å²) in [5, 5.41) is 2.84. The molecule has 5 nitrogen and oxygen atoms in total. The van der Waals surface area contributed by atoms with Gasteiger partial charge in [0.2, 0.25) is 0 Å². The smallest absolute Gasteiger partial charge is 0.263 e. The van der Waals surface area contributed by atoms with E-state index in [2.05, 4.69) is 10.3 Å². The predicted molar refractivity (Wildman–Crippen MR) is 90.9 cm³/mol. The molecule has 0 unspecified atom stereocenters. The summed E-state index contributed by atoms with van der Waals surface area (Å²) in [4.78, 5) is 28.4. The Morgan fingerprint density at radius 1 is 0.917 bits per heavy atom. The molecule has 120 valence electrons. The number of imidazole rings is 1. The lowest BCUT2D eigenvalue weighted by Gasteiger charge is -2.03. The van der Waals surface area contributed by atoms with Crippen LogP contribution in [-0.4, -0.2) is 27.9 Å². The lowest BCUT2D eigenvalue weighted by molar-refractivity contribution is 0.0947. The van der Waals surface area contributed by atoms with Crippen LogP contribution in [0.4, 0.5) is 0 Å². The molecule has 1 aromatic heterocycles. The third kappa shape index (κ3) is 3.76. The van der Waals surface area contributed by atoms with E-state index in [1.54, 1.807) is 30.5 Å². The molecule has 0 spiro atoms. The van der Waals surface area contributed by atoms with Gasteiger partial charge in [0.15, 0.2) is 0 Å². The summed E-state index contributed by atoms with van der Waals surface area (Å²) in [6.07, 6.45) is 3.77. The molecule has 0 fully saturated rings. The maximum Gasteiger partial charge on any atom is 0.263 e. The van der Waals surface area contributed by atoms with Crippen molar-refractivity contribution in [3.05, 3.63) is 90.0 Å². The van der Waals surface area contributed by atoms with Gasteiger partial charge in [0.1, 0.15) is 6.33 Å². The van der Waals surface area contributed by atoms with E-state index in [9.17, 15) is 9.59 Å². The summed E-state index contributed by atoms with van der Waals surface area (Å²) in [7, 11) is 0. The van der Waals surface area contributed by atoms with E-state index in [4.69, 9.17) is 0 Å². The van der Waals surface area contributed by atoms with E-state index in [1.165, 1.54) is 10.9 Å². The van der Waals surface area contributed by atoms with Crippen molar-refractivity contribution in [3.63, 3.8) is 0 Å². The number of carbonyl (C=O) groups is 2. The summed E-state index contributed by atoms with van der Waals surface area (Å²) in [5.41, 5.74) is 1.99. The first-order valence-corrected chi connectivity index (χ1v) is 7.70. The molecule has 3 rings (SSSR count). The predicted octanol–water partition coefficient (Wildman–Crippen LogP) is 2.54. The van der Waals surface area contributed by atoms with Gasteiger partial charge in [0, 0.05) is 30.3 Å². The maximum absolute atomic E-state index is 12.3. The number of benzene rings is 2. The molecule has 0 saturated heterocycles. The molecule has 24 heavy (non-hydrogen) atoms. The second-order valence-electron chi connectivity index (χ2n) is 5.32. The second kappa shape index (κ2) is 7.37. The van der Waals surface area contributed by atoms with Crippen LogP contribution in [0.5, 0.6) is 0 Å². The zero-order valence-electron chi connectivity index (χ0n) is 13.1. The Kier molecular flexibility index (Phi) is 4.81. The molecule has 2 aromatic carbocycles. The fourth-order valence-electron chi connectivity index (χ4n) is 2.33. The van der Waals surface area contributed by atoms with Crippen LogP contribution >= 0.6 is 0 Å². The maximum atomic E-state index is 12.3. The Hall–Kier alpha value is -3.21. The minimum Gasteiger partial charge on any atom is -0.352 e. The van der Waals surface area contributed by atoms with Gasteiger partial charge in [-0.15, -0.1) is 0 Å². The largest absolute Gasteiger partial charge is 0.352 e. The van der Waals surface area contributed by atoms with Crippen molar-refractivity contribution in [2.24, 2.45) is 0 Å². The molecule has 5 heteroatoms. The monoisotopic (exact) mass is 319 g/mol. The van der Waals surface area contributed by atoms with Crippen LogP contribution in [0.25, 0.3) is 0 Å². The first kappa shape index (κ1) is 15.7. The zero-order chi connectivity index (χ0) is 16.8. The fourth-order valence-corrected chi connectivity index (χ4v) is 2.33. The van der Waals surface area contributed by atoms with Gasteiger partial charge in [-0.3, -0.25) is 14.2 Å². The second-order valence-corrected chi connectivity index (χ2v) is 5.32. The summed E-state index contributed by atoms with van der Waals surface area (Å²) < 4.78 is 1.46. The number of nitrogens with one attached hydrogen (secondary N) is 1. The highest BCUT2D eigenvalue weighted by Crippen LogP contribution is 2.05. The molecule has 0 aliphatic heterocycles. The van der Waals surface area contributed by atoms with Gasteiger partial charge in [-0.2, -0.15) is 0 Å². The van der Waals surface area contributed by atoms with E-state index in [0.29, 0.717) is 24.1 Å². The zero-order valence-corrected chi connectivity index (χ0v) is 13.1. The molecule has 1 heterocycles. The van der Waals surface area contributed by atoms with Crippen LogP contribution in [0.15, 0.2) is 73.2 Å². The Labute approximate surface area is 140 Å². The Balaban J connectivity index is 1.55. The Bertz CT molecular complexity index is 826. The first-order chi connectivity index (χ1) is 11.7. The summed E-state index contributed by atoms with van der Waals surface area (Å²) >= 11 is 0. The molecule has 0 aliphatic carbocycles. The lowest BCUT2D eigenvalue weighted by Crippen LogP contribution is -2.25. The van der Waals surface area contributed by atoms with Crippen LogP contribution < -0.4 is 5.32 Å². The molecule has 1 N–H and O–H groups in total. The van der Waals surface area contributed by atoms with Crippen LogP contribution in [0.1, 0.15) is 26.4 Å². The standard InChI is InChI=1S/C19H17N3O2/c23-18(15-7-3-1-4-8-15)20-12-11-17-13-22(14-21-17)19(24)16-9-5-2-6-10-16/h1-10,13-14H,11-12H2,(H,20,23). The number of carbonyl (C=O) groups excluding carboxylic acids is 2. The number of nitrogens with zero attached hydrogens (tertiary/aromatic N) is 2. The van der Waals surface area contributed by atoms with E-state index in [-0.39, 0.29) is 11.8 Å². The van der Waals surface area contributed by atoms with Crippen LogP contribution in [0, 0.1) is 0 Å².